The average Bonchev–Trinajstić information content (AvgIpc) is 3.00. The number of hydrogen-bond acceptors (Lipinski definition) is 2. The molecule has 1 N–H and O–H groups in total. The minimum Gasteiger partial charge on any atom is -0.392 e. The van der Waals surface area contributed by atoms with Gasteiger partial charge in [0, 0.05) is 10.6 Å². The first kappa shape index (κ1) is 13.4. The van der Waals surface area contributed by atoms with E-state index >= 15 is 0 Å². The second-order valence-electron chi connectivity index (χ2n) is 6.07. The summed E-state index contributed by atoms with van der Waals surface area (Å²) in [6, 6.07) is 6.80. The van der Waals surface area contributed by atoms with E-state index in [1.54, 1.807) is 12.1 Å². The Morgan fingerprint density at radius 3 is 2.79 bits per heavy atom. The molecule has 3 rings (SSSR count). The lowest BCUT2D eigenvalue weighted by atomic mass is 9.85. The van der Waals surface area contributed by atoms with E-state index in [1.165, 1.54) is 43.5 Å². The fourth-order valence-corrected chi connectivity index (χ4v) is 4.72. The predicted molar refractivity (Wildman–Crippen MR) is 76.7 cm³/mol. The molecule has 2 bridgehead atoms. The normalized spacial score (nSPS) is 30.7. The third-order valence-corrected chi connectivity index (χ3v) is 5.92. The van der Waals surface area contributed by atoms with Gasteiger partial charge in [-0.25, -0.2) is 4.39 Å². The Morgan fingerprint density at radius 2 is 2.11 bits per heavy atom. The zero-order valence-corrected chi connectivity index (χ0v) is 11.9. The third kappa shape index (κ3) is 3.14. The summed E-state index contributed by atoms with van der Waals surface area (Å²) in [6.07, 6.45) is 6.07. The summed E-state index contributed by atoms with van der Waals surface area (Å²) in [5.74, 6) is 2.93. The zero-order chi connectivity index (χ0) is 13.2. The summed E-state index contributed by atoms with van der Waals surface area (Å²) in [6.45, 7) is 0. The highest BCUT2D eigenvalue weighted by Crippen LogP contribution is 2.50. The Hall–Kier alpha value is -0.540. The van der Waals surface area contributed by atoms with Crippen LogP contribution in [-0.4, -0.2) is 17.0 Å². The molecule has 0 aliphatic heterocycles. The maximum absolute atomic E-state index is 13.5. The van der Waals surface area contributed by atoms with Crippen LogP contribution in [0.5, 0.6) is 0 Å². The lowest BCUT2D eigenvalue weighted by molar-refractivity contribution is 0.144. The van der Waals surface area contributed by atoms with Gasteiger partial charge in [0.25, 0.3) is 0 Å². The summed E-state index contributed by atoms with van der Waals surface area (Å²) < 4.78 is 13.5. The number of benzene rings is 1. The first-order valence-corrected chi connectivity index (χ1v) is 8.26. The number of aliphatic hydroxyl groups is 1. The molecule has 0 saturated heterocycles. The number of hydrogen-bond donors (Lipinski definition) is 1. The first-order chi connectivity index (χ1) is 9.22. The van der Waals surface area contributed by atoms with Gasteiger partial charge in [-0.1, -0.05) is 18.6 Å². The molecular formula is C16H21FOS. The number of halogens is 1. The second kappa shape index (κ2) is 5.84. The Labute approximate surface area is 118 Å². The maximum atomic E-state index is 13.5. The van der Waals surface area contributed by atoms with E-state index in [0.29, 0.717) is 10.6 Å². The van der Waals surface area contributed by atoms with Gasteiger partial charge < -0.3 is 5.11 Å². The summed E-state index contributed by atoms with van der Waals surface area (Å²) >= 11 is 1.43. The Bertz CT molecular complexity index is 437. The van der Waals surface area contributed by atoms with Crippen molar-refractivity contribution in [1.82, 2.24) is 0 Å². The predicted octanol–water partition coefficient (Wildman–Crippen LogP) is 4.11. The monoisotopic (exact) mass is 280 g/mol. The Balaban J connectivity index is 1.47. The lowest BCUT2D eigenvalue weighted by Gasteiger charge is -2.24. The third-order valence-electron chi connectivity index (χ3n) is 4.73. The van der Waals surface area contributed by atoms with Crippen LogP contribution < -0.4 is 0 Å². The summed E-state index contributed by atoms with van der Waals surface area (Å²) in [5, 5.41) is 10.1. The molecule has 0 spiro atoms. The van der Waals surface area contributed by atoms with Crippen molar-refractivity contribution >= 4 is 11.8 Å². The molecule has 0 radical (unpaired) electrons. The van der Waals surface area contributed by atoms with Crippen molar-refractivity contribution in [1.29, 1.82) is 0 Å². The molecule has 2 saturated carbocycles. The van der Waals surface area contributed by atoms with Gasteiger partial charge in [-0.15, -0.1) is 11.8 Å². The van der Waals surface area contributed by atoms with E-state index in [4.69, 9.17) is 0 Å². The van der Waals surface area contributed by atoms with Crippen molar-refractivity contribution in [2.75, 3.05) is 5.75 Å². The molecule has 1 nitrogen and oxygen atoms in total. The van der Waals surface area contributed by atoms with Crippen molar-refractivity contribution in [3.8, 4) is 0 Å². The highest BCUT2D eigenvalue weighted by atomic mass is 32.2. The van der Waals surface area contributed by atoms with Gasteiger partial charge in [0.2, 0.25) is 0 Å². The number of rotatable bonds is 5. The molecule has 104 valence electrons. The molecule has 2 aliphatic rings. The van der Waals surface area contributed by atoms with Crippen LogP contribution in [0.25, 0.3) is 0 Å². The van der Waals surface area contributed by atoms with E-state index in [-0.39, 0.29) is 11.9 Å². The molecule has 4 unspecified atom stereocenters. The molecule has 0 aromatic heterocycles. The van der Waals surface area contributed by atoms with Crippen molar-refractivity contribution in [2.45, 2.75) is 43.1 Å². The van der Waals surface area contributed by atoms with Crippen LogP contribution in [0.4, 0.5) is 4.39 Å². The van der Waals surface area contributed by atoms with Crippen LogP contribution >= 0.6 is 11.8 Å². The van der Waals surface area contributed by atoms with Gasteiger partial charge in [0.1, 0.15) is 5.82 Å². The largest absolute Gasteiger partial charge is 0.392 e. The highest BCUT2D eigenvalue weighted by Gasteiger charge is 2.39. The van der Waals surface area contributed by atoms with E-state index in [1.807, 2.05) is 6.07 Å². The SMILES string of the molecule is OC(CSc1ccccc1F)CC1CC2CCC1C2. The number of thioether (sulfide) groups is 1. The molecule has 0 heterocycles. The zero-order valence-electron chi connectivity index (χ0n) is 11.1. The second-order valence-corrected chi connectivity index (χ2v) is 7.13. The van der Waals surface area contributed by atoms with Crippen LogP contribution in [0.3, 0.4) is 0 Å². The van der Waals surface area contributed by atoms with Crippen LogP contribution in [0.1, 0.15) is 32.1 Å². The fourth-order valence-electron chi connectivity index (χ4n) is 3.83. The lowest BCUT2D eigenvalue weighted by Crippen LogP contribution is -2.20. The summed E-state index contributed by atoms with van der Waals surface area (Å²) in [4.78, 5) is 0.648. The van der Waals surface area contributed by atoms with Gasteiger partial charge in [0.05, 0.1) is 6.10 Å². The molecule has 3 heteroatoms. The van der Waals surface area contributed by atoms with Crippen molar-refractivity contribution in [3.63, 3.8) is 0 Å². The van der Waals surface area contributed by atoms with Crippen LogP contribution in [0, 0.1) is 23.6 Å². The molecule has 1 aromatic carbocycles. The van der Waals surface area contributed by atoms with E-state index < -0.39 is 0 Å². The average molecular weight is 280 g/mol. The molecule has 2 fully saturated rings. The molecule has 2 aliphatic carbocycles. The Kier molecular flexibility index (Phi) is 4.13. The molecule has 19 heavy (non-hydrogen) atoms. The minimum absolute atomic E-state index is 0.181. The van der Waals surface area contributed by atoms with Crippen LogP contribution in [-0.2, 0) is 0 Å². The maximum Gasteiger partial charge on any atom is 0.136 e. The minimum atomic E-state index is -0.297. The van der Waals surface area contributed by atoms with Gasteiger partial charge in [-0.2, -0.15) is 0 Å². The van der Waals surface area contributed by atoms with Crippen LogP contribution in [0.15, 0.2) is 29.2 Å². The van der Waals surface area contributed by atoms with Gasteiger partial charge in [0.15, 0.2) is 0 Å². The van der Waals surface area contributed by atoms with Crippen LogP contribution in [0.2, 0.25) is 0 Å². The highest BCUT2D eigenvalue weighted by molar-refractivity contribution is 7.99. The number of fused-ring (bicyclic) bond motifs is 2. The molecule has 4 atom stereocenters. The van der Waals surface area contributed by atoms with Crippen molar-refractivity contribution in [3.05, 3.63) is 30.1 Å². The van der Waals surface area contributed by atoms with Crippen molar-refractivity contribution < 1.29 is 9.50 Å². The molecular weight excluding hydrogens is 259 g/mol. The van der Waals surface area contributed by atoms with Gasteiger partial charge in [-0.05, 0) is 55.6 Å². The summed E-state index contributed by atoms with van der Waals surface area (Å²) in [5.41, 5.74) is 0. The first-order valence-electron chi connectivity index (χ1n) is 7.27. The number of aliphatic hydroxyl groups excluding tert-OH is 1. The van der Waals surface area contributed by atoms with Gasteiger partial charge in [-0.3, -0.25) is 0 Å². The van der Waals surface area contributed by atoms with E-state index in [2.05, 4.69) is 0 Å². The standard InChI is InChI=1S/C16H21FOS/c17-15-3-1-2-4-16(15)19-10-14(18)9-13-8-11-5-6-12(13)7-11/h1-4,11-14,18H,5-10H2. The van der Waals surface area contributed by atoms with Crippen molar-refractivity contribution in [2.24, 2.45) is 17.8 Å². The van der Waals surface area contributed by atoms with Gasteiger partial charge >= 0.3 is 0 Å². The van der Waals surface area contributed by atoms with E-state index in [9.17, 15) is 9.50 Å². The quantitative estimate of drug-likeness (QED) is 0.819. The summed E-state index contributed by atoms with van der Waals surface area (Å²) in [7, 11) is 0. The van der Waals surface area contributed by atoms with E-state index in [0.717, 1.165) is 24.2 Å². The topological polar surface area (TPSA) is 20.2 Å². The Morgan fingerprint density at radius 1 is 1.26 bits per heavy atom. The smallest absolute Gasteiger partial charge is 0.136 e. The molecule has 0 amide bonds. The fraction of sp³-hybridized carbons (Fsp3) is 0.625. The molecule has 1 aromatic rings.